The van der Waals surface area contributed by atoms with Crippen molar-refractivity contribution in [1.82, 2.24) is 0 Å². The lowest BCUT2D eigenvalue weighted by Crippen LogP contribution is -2.46. The summed E-state index contributed by atoms with van der Waals surface area (Å²) in [5.41, 5.74) is 0.345. The Morgan fingerprint density at radius 3 is 2.00 bits per heavy atom. The molecule has 3 heteroatoms. The number of carbonyl (C=O) groups excluding carboxylic acids is 1. The molecule has 0 bridgehead atoms. The lowest BCUT2D eigenvalue weighted by atomic mass is 9.59. The second-order valence-corrected chi connectivity index (χ2v) is 5.00. The number of rotatable bonds is 0. The number of carbonyl (C=O) groups is 1. The predicted octanol–water partition coefficient (Wildman–Crippen LogP) is 1.65. The first-order chi connectivity index (χ1) is 6.72. The molecule has 0 aromatic heterocycles. The molecule has 0 aromatic rings. The van der Waals surface area contributed by atoms with Crippen molar-refractivity contribution in [3.05, 3.63) is 0 Å². The molecule has 0 aromatic carbocycles. The standard InChI is InChI=1S/C11H16O3/c12-9-7-10(8-9)1-3-11(4-2-10)13-5-6-14-11/h1-8H2. The van der Waals surface area contributed by atoms with E-state index in [2.05, 4.69) is 0 Å². The van der Waals surface area contributed by atoms with E-state index in [4.69, 9.17) is 9.47 Å². The van der Waals surface area contributed by atoms with Gasteiger partial charge in [0.2, 0.25) is 0 Å². The molecule has 1 aliphatic heterocycles. The Labute approximate surface area is 83.8 Å². The fourth-order valence-corrected chi connectivity index (χ4v) is 3.09. The van der Waals surface area contributed by atoms with Crippen molar-refractivity contribution in [3.63, 3.8) is 0 Å². The summed E-state index contributed by atoms with van der Waals surface area (Å²) in [6.45, 7) is 1.48. The summed E-state index contributed by atoms with van der Waals surface area (Å²) >= 11 is 0. The van der Waals surface area contributed by atoms with E-state index in [0.717, 1.165) is 51.7 Å². The summed E-state index contributed by atoms with van der Waals surface area (Å²) in [7, 11) is 0. The van der Waals surface area contributed by atoms with E-state index in [1.807, 2.05) is 0 Å². The van der Waals surface area contributed by atoms with Crippen molar-refractivity contribution in [2.45, 2.75) is 44.3 Å². The summed E-state index contributed by atoms with van der Waals surface area (Å²) in [4.78, 5) is 11.0. The van der Waals surface area contributed by atoms with Gasteiger partial charge in [-0.05, 0) is 18.3 Å². The fourth-order valence-electron chi connectivity index (χ4n) is 3.09. The molecule has 3 aliphatic rings. The van der Waals surface area contributed by atoms with Gasteiger partial charge in [-0.15, -0.1) is 0 Å². The van der Waals surface area contributed by atoms with Gasteiger partial charge in [0.1, 0.15) is 5.78 Å². The number of Topliss-reactive ketones (excluding diaryl/α,β-unsaturated/α-hetero) is 1. The van der Waals surface area contributed by atoms with Gasteiger partial charge in [0.25, 0.3) is 0 Å². The van der Waals surface area contributed by atoms with Crippen LogP contribution in [0.2, 0.25) is 0 Å². The van der Waals surface area contributed by atoms with Gasteiger partial charge in [-0.3, -0.25) is 4.79 Å². The second kappa shape index (κ2) is 2.80. The van der Waals surface area contributed by atoms with E-state index in [1.54, 1.807) is 0 Å². The average Bonchev–Trinajstić information content (AvgIpc) is 2.57. The smallest absolute Gasteiger partial charge is 0.168 e. The monoisotopic (exact) mass is 196 g/mol. The van der Waals surface area contributed by atoms with Crippen LogP contribution in [0.15, 0.2) is 0 Å². The Kier molecular flexibility index (Phi) is 1.77. The van der Waals surface area contributed by atoms with Crippen LogP contribution in [0.5, 0.6) is 0 Å². The number of hydrogen-bond donors (Lipinski definition) is 0. The number of hydrogen-bond acceptors (Lipinski definition) is 3. The van der Waals surface area contributed by atoms with Crippen molar-refractivity contribution in [2.24, 2.45) is 5.41 Å². The maximum Gasteiger partial charge on any atom is 0.168 e. The molecule has 2 spiro atoms. The molecule has 2 saturated carbocycles. The van der Waals surface area contributed by atoms with Crippen LogP contribution in [-0.4, -0.2) is 24.8 Å². The van der Waals surface area contributed by atoms with E-state index < -0.39 is 0 Å². The third-order valence-corrected chi connectivity index (χ3v) is 4.03. The highest BCUT2D eigenvalue weighted by molar-refractivity contribution is 5.86. The van der Waals surface area contributed by atoms with Crippen LogP contribution in [0, 0.1) is 5.41 Å². The van der Waals surface area contributed by atoms with Crippen LogP contribution in [0.25, 0.3) is 0 Å². The molecule has 3 fully saturated rings. The van der Waals surface area contributed by atoms with Gasteiger partial charge in [-0.2, -0.15) is 0 Å². The largest absolute Gasteiger partial charge is 0.348 e. The highest BCUT2D eigenvalue weighted by Gasteiger charge is 2.51. The molecule has 0 unspecified atom stereocenters. The third-order valence-electron chi connectivity index (χ3n) is 4.03. The zero-order valence-corrected chi connectivity index (χ0v) is 8.38. The van der Waals surface area contributed by atoms with Gasteiger partial charge >= 0.3 is 0 Å². The molecule has 3 rings (SSSR count). The summed E-state index contributed by atoms with van der Waals surface area (Å²) < 4.78 is 11.3. The number of ether oxygens (including phenoxy) is 2. The third kappa shape index (κ3) is 1.22. The van der Waals surface area contributed by atoms with Gasteiger partial charge in [-0.1, -0.05) is 0 Å². The molecule has 0 N–H and O–H groups in total. The molecular weight excluding hydrogens is 180 g/mol. The Bertz CT molecular complexity index is 246. The summed E-state index contributed by atoms with van der Waals surface area (Å²) in [6, 6.07) is 0. The van der Waals surface area contributed by atoms with Crippen molar-refractivity contribution >= 4 is 5.78 Å². The molecule has 1 heterocycles. The van der Waals surface area contributed by atoms with Crippen LogP contribution in [0.1, 0.15) is 38.5 Å². The summed E-state index contributed by atoms with van der Waals surface area (Å²) in [5.74, 6) is 0.179. The molecule has 0 radical (unpaired) electrons. The highest BCUT2D eigenvalue weighted by atomic mass is 16.7. The maximum absolute atomic E-state index is 11.0. The Hall–Kier alpha value is -0.410. The van der Waals surface area contributed by atoms with Gasteiger partial charge < -0.3 is 9.47 Å². The number of ketones is 1. The Morgan fingerprint density at radius 2 is 1.50 bits per heavy atom. The molecule has 14 heavy (non-hydrogen) atoms. The molecule has 3 nitrogen and oxygen atoms in total. The van der Waals surface area contributed by atoms with E-state index >= 15 is 0 Å². The zero-order valence-electron chi connectivity index (χ0n) is 8.38. The first-order valence-electron chi connectivity index (χ1n) is 5.52. The molecular formula is C11H16O3. The first-order valence-corrected chi connectivity index (χ1v) is 5.52. The van der Waals surface area contributed by atoms with Crippen molar-refractivity contribution in [2.75, 3.05) is 13.2 Å². The Balaban J connectivity index is 1.64. The molecule has 1 saturated heterocycles. The quantitative estimate of drug-likeness (QED) is 0.591. The van der Waals surface area contributed by atoms with Crippen molar-refractivity contribution in [3.8, 4) is 0 Å². The lowest BCUT2D eigenvalue weighted by molar-refractivity contribution is -0.198. The topological polar surface area (TPSA) is 35.5 Å². The Morgan fingerprint density at radius 1 is 0.929 bits per heavy atom. The van der Waals surface area contributed by atoms with E-state index in [0.29, 0.717) is 11.2 Å². The highest BCUT2D eigenvalue weighted by Crippen LogP contribution is 2.53. The summed E-state index contributed by atoms with van der Waals surface area (Å²) in [5, 5.41) is 0. The van der Waals surface area contributed by atoms with Crippen LogP contribution < -0.4 is 0 Å². The SMILES string of the molecule is O=C1CC2(CCC3(CC2)OCCO3)C1. The predicted molar refractivity (Wildman–Crippen MR) is 49.8 cm³/mol. The van der Waals surface area contributed by atoms with Crippen LogP contribution >= 0.6 is 0 Å². The minimum Gasteiger partial charge on any atom is -0.348 e. The average molecular weight is 196 g/mol. The van der Waals surface area contributed by atoms with E-state index in [9.17, 15) is 4.79 Å². The van der Waals surface area contributed by atoms with Crippen LogP contribution in [-0.2, 0) is 14.3 Å². The molecule has 0 atom stereocenters. The van der Waals surface area contributed by atoms with Gasteiger partial charge in [-0.25, -0.2) is 0 Å². The minimum absolute atomic E-state index is 0.260. The van der Waals surface area contributed by atoms with Gasteiger partial charge in [0.05, 0.1) is 13.2 Å². The first kappa shape index (κ1) is 8.86. The minimum atomic E-state index is -0.260. The van der Waals surface area contributed by atoms with Gasteiger partial charge in [0, 0.05) is 25.7 Å². The maximum atomic E-state index is 11.0. The van der Waals surface area contributed by atoms with Crippen LogP contribution in [0.3, 0.4) is 0 Å². The van der Waals surface area contributed by atoms with E-state index in [-0.39, 0.29) is 5.79 Å². The molecule has 2 aliphatic carbocycles. The van der Waals surface area contributed by atoms with Gasteiger partial charge in [0.15, 0.2) is 5.79 Å². The molecule has 0 amide bonds. The molecule has 78 valence electrons. The van der Waals surface area contributed by atoms with Crippen LogP contribution in [0.4, 0.5) is 0 Å². The van der Waals surface area contributed by atoms with Crippen molar-refractivity contribution in [1.29, 1.82) is 0 Å². The summed E-state index contributed by atoms with van der Waals surface area (Å²) in [6.07, 6.45) is 5.81. The van der Waals surface area contributed by atoms with E-state index in [1.165, 1.54) is 0 Å². The van der Waals surface area contributed by atoms with Crippen molar-refractivity contribution < 1.29 is 14.3 Å². The zero-order chi connectivity index (χ0) is 9.65. The lowest BCUT2D eigenvalue weighted by Gasteiger charge is -2.48. The fraction of sp³-hybridized carbons (Fsp3) is 0.909. The second-order valence-electron chi connectivity index (χ2n) is 5.00. The normalized spacial score (nSPS) is 33.6.